The lowest BCUT2D eigenvalue weighted by Gasteiger charge is -2.22. The summed E-state index contributed by atoms with van der Waals surface area (Å²) in [5, 5.41) is 9.44. The SMILES string of the molecule is CO[C@H]1C[C@@H](CO)N(C(=O)CCc2nc3c(C)cccc3[nH]2)C1. The van der Waals surface area contributed by atoms with E-state index >= 15 is 0 Å². The lowest BCUT2D eigenvalue weighted by Crippen LogP contribution is -2.38. The number of aromatic amines is 1. The monoisotopic (exact) mass is 317 g/mol. The molecule has 2 atom stereocenters. The lowest BCUT2D eigenvalue weighted by molar-refractivity contribution is -0.133. The number of nitrogens with zero attached hydrogens (tertiary/aromatic N) is 2. The van der Waals surface area contributed by atoms with Crippen LogP contribution in [0.4, 0.5) is 0 Å². The second-order valence-corrected chi connectivity index (χ2v) is 6.13. The van der Waals surface area contributed by atoms with Crippen molar-refractivity contribution in [2.24, 2.45) is 0 Å². The number of aliphatic hydroxyl groups is 1. The molecule has 0 saturated carbocycles. The summed E-state index contributed by atoms with van der Waals surface area (Å²) in [6.07, 6.45) is 1.66. The highest BCUT2D eigenvalue weighted by Gasteiger charge is 2.34. The summed E-state index contributed by atoms with van der Waals surface area (Å²) >= 11 is 0. The molecule has 1 aliphatic heterocycles. The standard InChI is InChI=1S/C17H23N3O3/c1-11-4-3-5-14-17(11)19-15(18-14)6-7-16(22)20-9-13(23-2)8-12(20)10-21/h3-5,12-13,21H,6-10H2,1-2H3,(H,18,19)/t12-,13-/m0/s1. The molecule has 1 aliphatic rings. The molecule has 0 bridgehead atoms. The van der Waals surface area contributed by atoms with Crippen molar-refractivity contribution in [2.75, 3.05) is 20.3 Å². The van der Waals surface area contributed by atoms with Gasteiger partial charge in [0.05, 0.1) is 29.8 Å². The molecule has 3 rings (SSSR count). The van der Waals surface area contributed by atoms with Gasteiger partial charge in [0.2, 0.25) is 5.91 Å². The molecule has 1 aromatic carbocycles. The summed E-state index contributed by atoms with van der Waals surface area (Å²) in [5.74, 6) is 0.867. The zero-order valence-corrected chi connectivity index (χ0v) is 13.6. The van der Waals surface area contributed by atoms with Gasteiger partial charge in [0, 0.05) is 26.5 Å². The van der Waals surface area contributed by atoms with E-state index in [4.69, 9.17) is 4.74 Å². The van der Waals surface area contributed by atoms with E-state index in [1.54, 1.807) is 12.0 Å². The molecule has 0 spiro atoms. The van der Waals surface area contributed by atoms with Gasteiger partial charge in [0.15, 0.2) is 0 Å². The fourth-order valence-corrected chi connectivity index (χ4v) is 3.24. The Morgan fingerprint density at radius 1 is 1.52 bits per heavy atom. The van der Waals surface area contributed by atoms with Gasteiger partial charge in [-0.3, -0.25) is 4.79 Å². The Kier molecular flexibility index (Phi) is 4.63. The van der Waals surface area contributed by atoms with Gasteiger partial charge in [-0.1, -0.05) is 12.1 Å². The molecule has 1 amide bonds. The van der Waals surface area contributed by atoms with Crippen molar-refractivity contribution in [3.8, 4) is 0 Å². The number of methoxy groups -OCH3 is 1. The Bertz CT molecular complexity index is 697. The third kappa shape index (κ3) is 3.23. The Balaban J connectivity index is 1.65. The van der Waals surface area contributed by atoms with Crippen molar-refractivity contribution < 1.29 is 14.6 Å². The van der Waals surface area contributed by atoms with Crippen molar-refractivity contribution in [3.63, 3.8) is 0 Å². The maximum atomic E-state index is 12.4. The molecule has 6 heteroatoms. The van der Waals surface area contributed by atoms with Crippen LogP contribution in [0.1, 0.15) is 24.2 Å². The number of carbonyl (C=O) groups excluding carboxylic acids is 1. The maximum absolute atomic E-state index is 12.4. The molecule has 0 radical (unpaired) electrons. The lowest BCUT2D eigenvalue weighted by atomic mass is 10.2. The van der Waals surface area contributed by atoms with Gasteiger partial charge in [0.25, 0.3) is 0 Å². The molecular weight excluding hydrogens is 294 g/mol. The van der Waals surface area contributed by atoms with Gasteiger partial charge in [-0.15, -0.1) is 0 Å². The number of carbonyl (C=O) groups is 1. The zero-order chi connectivity index (χ0) is 16.4. The number of imidazole rings is 1. The minimum Gasteiger partial charge on any atom is -0.394 e. The third-order valence-electron chi connectivity index (χ3n) is 4.58. The minimum atomic E-state index is -0.134. The Hall–Kier alpha value is -1.92. The van der Waals surface area contributed by atoms with E-state index in [1.165, 1.54) is 0 Å². The van der Waals surface area contributed by atoms with Crippen LogP contribution >= 0.6 is 0 Å². The van der Waals surface area contributed by atoms with Crippen molar-refractivity contribution in [1.29, 1.82) is 0 Å². The molecule has 0 aliphatic carbocycles. The first kappa shape index (κ1) is 16.0. The quantitative estimate of drug-likeness (QED) is 0.874. The van der Waals surface area contributed by atoms with E-state index in [1.807, 2.05) is 25.1 Å². The summed E-state index contributed by atoms with van der Waals surface area (Å²) in [5.41, 5.74) is 3.09. The van der Waals surface area contributed by atoms with Gasteiger partial charge in [-0.25, -0.2) is 4.98 Å². The molecule has 0 unspecified atom stereocenters. The average Bonchev–Trinajstić information content (AvgIpc) is 3.16. The normalized spacial score (nSPS) is 21.3. The van der Waals surface area contributed by atoms with Crippen molar-refractivity contribution in [1.82, 2.24) is 14.9 Å². The summed E-state index contributed by atoms with van der Waals surface area (Å²) in [4.78, 5) is 22.0. The van der Waals surface area contributed by atoms with Gasteiger partial charge in [-0.05, 0) is 25.0 Å². The molecular formula is C17H23N3O3. The number of H-pyrrole nitrogens is 1. The molecule has 1 aromatic heterocycles. The second kappa shape index (κ2) is 6.68. The van der Waals surface area contributed by atoms with Crippen LogP contribution in [0.25, 0.3) is 11.0 Å². The average molecular weight is 317 g/mol. The van der Waals surface area contributed by atoms with Crippen LogP contribution in [-0.2, 0) is 16.0 Å². The van der Waals surface area contributed by atoms with Crippen molar-refractivity contribution >= 4 is 16.9 Å². The van der Waals surface area contributed by atoms with E-state index in [0.29, 0.717) is 25.8 Å². The van der Waals surface area contributed by atoms with Crippen LogP contribution in [-0.4, -0.2) is 58.3 Å². The maximum Gasteiger partial charge on any atom is 0.223 e. The van der Waals surface area contributed by atoms with Gasteiger partial charge < -0.3 is 19.7 Å². The predicted octanol–water partition coefficient (Wildman–Crippen LogP) is 1.41. The van der Waals surface area contributed by atoms with Crippen molar-refractivity contribution in [2.45, 2.75) is 38.3 Å². The number of rotatable bonds is 5. The first-order chi connectivity index (χ1) is 11.1. The number of aliphatic hydroxyl groups excluding tert-OH is 1. The number of likely N-dealkylation sites (tertiary alicyclic amines) is 1. The number of hydrogen-bond donors (Lipinski definition) is 2. The molecule has 2 heterocycles. The van der Waals surface area contributed by atoms with E-state index in [0.717, 1.165) is 22.4 Å². The van der Waals surface area contributed by atoms with Crippen LogP contribution in [0.5, 0.6) is 0 Å². The molecule has 1 fully saturated rings. The number of amides is 1. The highest BCUT2D eigenvalue weighted by atomic mass is 16.5. The fraction of sp³-hybridized carbons (Fsp3) is 0.529. The topological polar surface area (TPSA) is 78.5 Å². The van der Waals surface area contributed by atoms with E-state index < -0.39 is 0 Å². The van der Waals surface area contributed by atoms with Crippen LogP contribution in [0.3, 0.4) is 0 Å². The Morgan fingerprint density at radius 3 is 3.04 bits per heavy atom. The third-order valence-corrected chi connectivity index (χ3v) is 4.58. The second-order valence-electron chi connectivity index (χ2n) is 6.13. The first-order valence-corrected chi connectivity index (χ1v) is 7.99. The molecule has 2 N–H and O–H groups in total. The summed E-state index contributed by atoms with van der Waals surface area (Å²) in [6.45, 7) is 2.56. The van der Waals surface area contributed by atoms with Gasteiger partial charge in [0.1, 0.15) is 5.82 Å². The summed E-state index contributed by atoms with van der Waals surface area (Å²) in [7, 11) is 1.64. The fourth-order valence-electron chi connectivity index (χ4n) is 3.24. The highest BCUT2D eigenvalue weighted by molar-refractivity contribution is 5.79. The number of aromatic nitrogens is 2. The largest absolute Gasteiger partial charge is 0.394 e. The predicted molar refractivity (Wildman–Crippen MR) is 87.2 cm³/mol. The molecule has 1 saturated heterocycles. The van der Waals surface area contributed by atoms with Crippen LogP contribution in [0.15, 0.2) is 18.2 Å². The van der Waals surface area contributed by atoms with Gasteiger partial charge in [-0.2, -0.15) is 0 Å². The van der Waals surface area contributed by atoms with E-state index in [2.05, 4.69) is 9.97 Å². The van der Waals surface area contributed by atoms with Crippen LogP contribution in [0, 0.1) is 6.92 Å². The zero-order valence-electron chi connectivity index (χ0n) is 13.6. The molecule has 2 aromatic rings. The highest BCUT2D eigenvalue weighted by Crippen LogP contribution is 2.21. The molecule has 6 nitrogen and oxygen atoms in total. The van der Waals surface area contributed by atoms with Crippen LogP contribution in [0.2, 0.25) is 0 Å². The van der Waals surface area contributed by atoms with Crippen molar-refractivity contribution in [3.05, 3.63) is 29.6 Å². The summed E-state index contributed by atoms with van der Waals surface area (Å²) in [6, 6.07) is 5.88. The summed E-state index contributed by atoms with van der Waals surface area (Å²) < 4.78 is 5.32. The van der Waals surface area contributed by atoms with Crippen LogP contribution < -0.4 is 0 Å². The van der Waals surface area contributed by atoms with E-state index in [9.17, 15) is 9.90 Å². The number of ether oxygens (including phenoxy) is 1. The number of fused-ring (bicyclic) bond motifs is 1. The molecule has 23 heavy (non-hydrogen) atoms. The Morgan fingerprint density at radius 2 is 2.35 bits per heavy atom. The number of hydrogen-bond acceptors (Lipinski definition) is 4. The molecule has 124 valence electrons. The minimum absolute atomic E-state index is 0.0184. The Labute approximate surface area is 135 Å². The number of nitrogens with one attached hydrogen (secondary N) is 1. The number of para-hydroxylation sites is 1. The first-order valence-electron chi connectivity index (χ1n) is 7.99. The number of aryl methyl sites for hydroxylation is 2. The van der Waals surface area contributed by atoms with Gasteiger partial charge >= 0.3 is 0 Å². The smallest absolute Gasteiger partial charge is 0.223 e. The number of benzene rings is 1. The van der Waals surface area contributed by atoms with E-state index in [-0.39, 0.29) is 24.7 Å².